The van der Waals surface area contributed by atoms with Crippen LogP contribution in [0.3, 0.4) is 0 Å². The van der Waals surface area contributed by atoms with Gasteiger partial charge in [0.05, 0.1) is 0 Å². The van der Waals surface area contributed by atoms with Crippen LogP contribution in [0.1, 0.15) is 51.4 Å². The highest BCUT2D eigenvalue weighted by Gasteiger charge is 2.37. The van der Waals surface area contributed by atoms with Gasteiger partial charge in [0, 0.05) is 12.6 Å². The number of nitrogens with zero attached hydrogens (tertiary/aromatic N) is 1. The number of piperidine rings is 1. The molecule has 1 spiro atoms. The summed E-state index contributed by atoms with van der Waals surface area (Å²) in [5, 5.41) is 3.62. The summed E-state index contributed by atoms with van der Waals surface area (Å²) in [6, 6.07) is 0.803. The maximum Gasteiger partial charge on any atom is 0.0195 e. The average Bonchev–Trinajstić information content (AvgIpc) is 2.94. The molecule has 0 aromatic rings. The predicted molar refractivity (Wildman–Crippen MR) is 67.6 cm³/mol. The molecule has 3 rings (SSSR count). The highest BCUT2D eigenvalue weighted by Crippen LogP contribution is 2.46. The Hall–Kier alpha value is -0.0800. The fourth-order valence-electron chi connectivity index (χ4n) is 4.06. The predicted octanol–water partition coefficient (Wildman–Crippen LogP) is 2.39. The molecule has 2 saturated heterocycles. The molecule has 2 heteroatoms. The van der Waals surface area contributed by atoms with E-state index in [4.69, 9.17) is 0 Å². The normalized spacial score (nSPS) is 34.9. The maximum absolute atomic E-state index is 3.62. The van der Waals surface area contributed by atoms with Gasteiger partial charge in [-0.15, -0.1) is 0 Å². The zero-order valence-corrected chi connectivity index (χ0v) is 10.5. The van der Waals surface area contributed by atoms with Crippen molar-refractivity contribution >= 4 is 0 Å². The van der Waals surface area contributed by atoms with Gasteiger partial charge in [0.2, 0.25) is 0 Å². The Morgan fingerprint density at radius 3 is 2.38 bits per heavy atom. The standard InChI is InChI=1S/C14H26N2/c1-2-6-14(5-1)7-10-16(11-8-14)12-13-4-3-9-15-13/h13,15H,1-12H2/t13-/m0/s1. The van der Waals surface area contributed by atoms with Gasteiger partial charge in [-0.3, -0.25) is 0 Å². The Labute approximate surface area is 99.8 Å². The molecule has 0 radical (unpaired) electrons. The van der Waals surface area contributed by atoms with Crippen molar-refractivity contribution in [1.82, 2.24) is 10.2 Å². The number of nitrogens with one attached hydrogen (secondary N) is 1. The fourth-order valence-corrected chi connectivity index (χ4v) is 4.06. The molecule has 0 unspecified atom stereocenters. The van der Waals surface area contributed by atoms with Crippen LogP contribution in [-0.4, -0.2) is 37.1 Å². The molecular weight excluding hydrogens is 196 g/mol. The lowest BCUT2D eigenvalue weighted by Gasteiger charge is -2.40. The summed E-state index contributed by atoms with van der Waals surface area (Å²) in [5.74, 6) is 0. The van der Waals surface area contributed by atoms with Crippen molar-refractivity contribution in [1.29, 1.82) is 0 Å². The minimum Gasteiger partial charge on any atom is -0.313 e. The van der Waals surface area contributed by atoms with Crippen molar-refractivity contribution in [3.63, 3.8) is 0 Å². The highest BCUT2D eigenvalue weighted by atomic mass is 15.2. The largest absolute Gasteiger partial charge is 0.313 e. The molecular formula is C14H26N2. The van der Waals surface area contributed by atoms with Crippen molar-refractivity contribution in [3.05, 3.63) is 0 Å². The van der Waals surface area contributed by atoms with E-state index in [9.17, 15) is 0 Å². The van der Waals surface area contributed by atoms with Gasteiger partial charge in [-0.1, -0.05) is 12.8 Å². The molecule has 92 valence electrons. The molecule has 16 heavy (non-hydrogen) atoms. The highest BCUT2D eigenvalue weighted by molar-refractivity contribution is 4.90. The van der Waals surface area contributed by atoms with E-state index in [1.165, 1.54) is 77.5 Å². The molecule has 1 N–H and O–H groups in total. The first kappa shape index (κ1) is 11.0. The van der Waals surface area contributed by atoms with Crippen LogP contribution in [0, 0.1) is 5.41 Å². The van der Waals surface area contributed by atoms with Crippen molar-refractivity contribution in [3.8, 4) is 0 Å². The summed E-state index contributed by atoms with van der Waals surface area (Å²) < 4.78 is 0. The molecule has 0 bridgehead atoms. The molecule has 1 atom stereocenters. The first-order chi connectivity index (χ1) is 7.86. The van der Waals surface area contributed by atoms with E-state index in [0.29, 0.717) is 0 Å². The van der Waals surface area contributed by atoms with Crippen molar-refractivity contribution in [2.75, 3.05) is 26.2 Å². The Balaban J connectivity index is 1.46. The Morgan fingerprint density at radius 2 is 1.75 bits per heavy atom. The Morgan fingerprint density at radius 1 is 1.00 bits per heavy atom. The van der Waals surface area contributed by atoms with Crippen LogP contribution >= 0.6 is 0 Å². The van der Waals surface area contributed by atoms with Gasteiger partial charge in [0.1, 0.15) is 0 Å². The van der Waals surface area contributed by atoms with Crippen LogP contribution in [0.15, 0.2) is 0 Å². The monoisotopic (exact) mass is 222 g/mol. The maximum atomic E-state index is 3.62. The van der Waals surface area contributed by atoms with E-state index >= 15 is 0 Å². The summed E-state index contributed by atoms with van der Waals surface area (Å²) in [6.07, 6.45) is 11.8. The molecule has 0 aromatic heterocycles. The molecule has 2 heterocycles. The number of hydrogen-bond acceptors (Lipinski definition) is 2. The second-order valence-electron chi connectivity index (χ2n) is 6.30. The van der Waals surface area contributed by atoms with Gasteiger partial charge in [-0.2, -0.15) is 0 Å². The molecule has 1 aliphatic carbocycles. The summed E-state index contributed by atoms with van der Waals surface area (Å²) in [6.45, 7) is 5.31. The molecule has 3 fully saturated rings. The lowest BCUT2D eigenvalue weighted by Crippen LogP contribution is -2.44. The quantitative estimate of drug-likeness (QED) is 0.772. The van der Waals surface area contributed by atoms with Gasteiger partial charge >= 0.3 is 0 Å². The zero-order valence-electron chi connectivity index (χ0n) is 10.5. The fraction of sp³-hybridized carbons (Fsp3) is 1.00. The molecule has 1 saturated carbocycles. The Bertz CT molecular complexity index is 217. The third kappa shape index (κ3) is 2.28. The summed E-state index contributed by atoms with van der Waals surface area (Å²) in [4.78, 5) is 2.71. The van der Waals surface area contributed by atoms with E-state index in [-0.39, 0.29) is 0 Å². The van der Waals surface area contributed by atoms with Gasteiger partial charge in [-0.05, 0) is 63.6 Å². The van der Waals surface area contributed by atoms with E-state index < -0.39 is 0 Å². The minimum atomic E-state index is 0.791. The minimum absolute atomic E-state index is 0.791. The van der Waals surface area contributed by atoms with Crippen LogP contribution < -0.4 is 5.32 Å². The number of likely N-dealkylation sites (tertiary alicyclic amines) is 1. The second kappa shape index (κ2) is 4.66. The number of rotatable bonds is 2. The van der Waals surface area contributed by atoms with Gasteiger partial charge in [0.15, 0.2) is 0 Å². The first-order valence-electron chi connectivity index (χ1n) is 7.32. The average molecular weight is 222 g/mol. The summed E-state index contributed by atoms with van der Waals surface area (Å²) in [7, 11) is 0. The van der Waals surface area contributed by atoms with Crippen LogP contribution in [0.25, 0.3) is 0 Å². The molecule has 2 aliphatic heterocycles. The van der Waals surface area contributed by atoms with E-state index in [0.717, 1.165) is 11.5 Å². The molecule has 2 nitrogen and oxygen atoms in total. The van der Waals surface area contributed by atoms with E-state index in [1.54, 1.807) is 0 Å². The SMILES string of the molecule is C1CN[C@H](CN2CCC3(CCCC3)CC2)C1. The lowest BCUT2D eigenvalue weighted by atomic mass is 9.77. The molecule has 3 aliphatic rings. The van der Waals surface area contributed by atoms with Gasteiger partial charge in [0.25, 0.3) is 0 Å². The van der Waals surface area contributed by atoms with Crippen LogP contribution in [0.2, 0.25) is 0 Å². The third-order valence-electron chi connectivity index (χ3n) is 5.22. The van der Waals surface area contributed by atoms with Crippen molar-refractivity contribution in [2.24, 2.45) is 5.41 Å². The second-order valence-corrected chi connectivity index (χ2v) is 6.30. The van der Waals surface area contributed by atoms with E-state index in [2.05, 4.69) is 10.2 Å². The third-order valence-corrected chi connectivity index (χ3v) is 5.22. The number of hydrogen-bond donors (Lipinski definition) is 1. The van der Waals surface area contributed by atoms with Crippen LogP contribution in [-0.2, 0) is 0 Å². The van der Waals surface area contributed by atoms with Gasteiger partial charge in [-0.25, -0.2) is 0 Å². The van der Waals surface area contributed by atoms with Crippen molar-refractivity contribution < 1.29 is 0 Å². The molecule has 0 amide bonds. The van der Waals surface area contributed by atoms with Crippen molar-refractivity contribution in [2.45, 2.75) is 57.4 Å². The lowest BCUT2D eigenvalue weighted by molar-refractivity contribution is 0.102. The summed E-state index contributed by atoms with van der Waals surface area (Å²) in [5.41, 5.74) is 0.791. The van der Waals surface area contributed by atoms with E-state index in [1.807, 2.05) is 0 Å². The Kier molecular flexibility index (Phi) is 3.21. The first-order valence-corrected chi connectivity index (χ1v) is 7.32. The molecule has 0 aromatic carbocycles. The van der Waals surface area contributed by atoms with Crippen LogP contribution in [0.5, 0.6) is 0 Å². The zero-order chi connectivity index (χ0) is 10.8. The smallest absolute Gasteiger partial charge is 0.0195 e. The van der Waals surface area contributed by atoms with Crippen LogP contribution in [0.4, 0.5) is 0 Å². The topological polar surface area (TPSA) is 15.3 Å². The van der Waals surface area contributed by atoms with Gasteiger partial charge < -0.3 is 10.2 Å². The summed E-state index contributed by atoms with van der Waals surface area (Å²) >= 11 is 0.